The Kier molecular flexibility index (Phi) is 7.24. The SMILES string of the molecule is CC[C@H](C=C[C@H](C)[C@@H]1CC[C@H]2[C@H]3CC=C4C[C@H](OC(C)=O)CC[C@@]4(C)[C@H]3CC[C@]21C)C(C)C. The van der Waals surface area contributed by atoms with Gasteiger partial charge in [0.2, 0.25) is 0 Å². The van der Waals surface area contributed by atoms with Crippen LogP contribution in [0.3, 0.4) is 0 Å². The van der Waals surface area contributed by atoms with E-state index in [4.69, 9.17) is 4.74 Å². The lowest BCUT2D eigenvalue weighted by Gasteiger charge is -2.58. The van der Waals surface area contributed by atoms with Crippen molar-refractivity contribution in [2.75, 3.05) is 0 Å². The average molecular weight is 455 g/mol. The van der Waals surface area contributed by atoms with E-state index in [1.54, 1.807) is 12.5 Å². The topological polar surface area (TPSA) is 26.3 Å². The molecule has 3 saturated carbocycles. The quantitative estimate of drug-likeness (QED) is 0.297. The van der Waals surface area contributed by atoms with Gasteiger partial charge in [0.05, 0.1) is 0 Å². The highest BCUT2D eigenvalue weighted by atomic mass is 16.5. The van der Waals surface area contributed by atoms with Gasteiger partial charge in [-0.1, -0.05) is 65.3 Å². The van der Waals surface area contributed by atoms with Crippen molar-refractivity contribution in [3.8, 4) is 0 Å². The van der Waals surface area contributed by atoms with Crippen molar-refractivity contribution in [1.29, 1.82) is 0 Å². The summed E-state index contributed by atoms with van der Waals surface area (Å²) in [5, 5.41) is 0. The number of carbonyl (C=O) groups excluding carboxylic acids is 1. The van der Waals surface area contributed by atoms with Gasteiger partial charge >= 0.3 is 5.97 Å². The molecule has 186 valence electrons. The van der Waals surface area contributed by atoms with Crippen molar-refractivity contribution < 1.29 is 9.53 Å². The zero-order chi connectivity index (χ0) is 24.0. The van der Waals surface area contributed by atoms with Gasteiger partial charge < -0.3 is 4.74 Å². The molecule has 0 aliphatic heterocycles. The Morgan fingerprint density at radius 3 is 2.52 bits per heavy atom. The number of esters is 1. The summed E-state index contributed by atoms with van der Waals surface area (Å²) in [5.74, 6) is 5.41. The van der Waals surface area contributed by atoms with Crippen molar-refractivity contribution in [3.05, 3.63) is 23.8 Å². The molecule has 9 atom stereocenters. The van der Waals surface area contributed by atoms with Gasteiger partial charge in [0, 0.05) is 13.3 Å². The Labute approximate surface area is 204 Å². The molecule has 3 fully saturated rings. The van der Waals surface area contributed by atoms with E-state index in [2.05, 4.69) is 59.8 Å². The highest BCUT2D eigenvalue weighted by molar-refractivity contribution is 5.66. The number of fused-ring (bicyclic) bond motifs is 5. The van der Waals surface area contributed by atoms with E-state index in [1.807, 2.05) is 0 Å². The lowest BCUT2D eigenvalue weighted by atomic mass is 9.47. The van der Waals surface area contributed by atoms with E-state index < -0.39 is 0 Å². The minimum Gasteiger partial charge on any atom is -0.462 e. The molecule has 0 heterocycles. The van der Waals surface area contributed by atoms with Gasteiger partial charge in [0.15, 0.2) is 0 Å². The highest BCUT2D eigenvalue weighted by Gasteiger charge is 2.59. The minimum atomic E-state index is -0.120. The number of allylic oxidation sites excluding steroid dienone is 3. The predicted octanol–water partition coefficient (Wildman–Crippen LogP) is 8.37. The van der Waals surface area contributed by atoms with E-state index in [9.17, 15) is 4.79 Å². The number of hydrogen-bond acceptors (Lipinski definition) is 2. The molecule has 4 aliphatic rings. The van der Waals surface area contributed by atoms with Gasteiger partial charge in [-0.2, -0.15) is 0 Å². The van der Waals surface area contributed by atoms with Crippen molar-refractivity contribution in [2.24, 2.45) is 52.3 Å². The molecule has 0 radical (unpaired) electrons. The second kappa shape index (κ2) is 9.54. The van der Waals surface area contributed by atoms with Crippen LogP contribution in [0.15, 0.2) is 23.8 Å². The Morgan fingerprint density at radius 2 is 1.85 bits per heavy atom. The van der Waals surface area contributed by atoms with Gasteiger partial charge in [0.25, 0.3) is 0 Å². The fourth-order valence-corrected chi connectivity index (χ4v) is 9.15. The molecule has 0 N–H and O–H groups in total. The van der Waals surface area contributed by atoms with E-state index in [0.29, 0.717) is 16.7 Å². The summed E-state index contributed by atoms with van der Waals surface area (Å²) >= 11 is 0. The minimum absolute atomic E-state index is 0.105. The maximum absolute atomic E-state index is 11.5. The maximum Gasteiger partial charge on any atom is 0.302 e. The number of ether oxygens (including phenoxy) is 1. The fourth-order valence-electron chi connectivity index (χ4n) is 9.15. The molecule has 0 bridgehead atoms. The van der Waals surface area contributed by atoms with E-state index >= 15 is 0 Å². The normalized spacial score (nSPS) is 42.3. The number of carbonyl (C=O) groups is 1. The number of hydrogen-bond donors (Lipinski definition) is 0. The first-order chi connectivity index (χ1) is 15.6. The van der Waals surface area contributed by atoms with Crippen LogP contribution >= 0.6 is 0 Å². The molecule has 4 aliphatic carbocycles. The van der Waals surface area contributed by atoms with Crippen LogP contribution in [0.5, 0.6) is 0 Å². The lowest BCUT2D eigenvalue weighted by molar-refractivity contribution is -0.148. The Morgan fingerprint density at radius 1 is 1.09 bits per heavy atom. The summed E-state index contributed by atoms with van der Waals surface area (Å²) in [6.07, 6.45) is 19.2. The standard InChI is InChI=1S/C31H50O2/c1-8-23(20(2)3)10-9-21(4)27-13-14-28-26-12-11-24-19-25(33-22(5)32)15-17-30(24,6)29(26)16-18-31(27,28)7/h9-11,20-21,23,25-29H,8,12-19H2,1-7H3/t21-,23+,25+,26+,27-,28-,29-,30+,31-/m0/s1. The fraction of sp³-hybridized carbons (Fsp3) is 0.839. The van der Waals surface area contributed by atoms with E-state index in [-0.39, 0.29) is 12.1 Å². The van der Waals surface area contributed by atoms with Crippen LogP contribution in [-0.2, 0) is 9.53 Å². The maximum atomic E-state index is 11.5. The molecule has 0 spiro atoms. The van der Waals surface area contributed by atoms with Crippen molar-refractivity contribution in [1.82, 2.24) is 0 Å². The van der Waals surface area contributed by atoms with Crippen LogP contribution < -0.4 is 0 Å². The van der Waals surface area contributed by atoms with Crippen LogP contribution in [0.4, 0.5) is 0 Å². The molecule has 0 amide bonds. The van der Waals surface area contributed by atoms with Gasteiger partial charge in [-0.3, -0.25) is 4.79 Å². The first kappa shape index (κ1) is 25.1. The van der Waals surface area contributed by atoms with Crippen LogP contribution in [0.2, 0.25) is 0 Å². The molecule has 0 saturated heterocycles. The van der Waals surface area contributed by atoms with E-state index in [0.717, 1.165) is 48.3 Å². The largest absolute Gasteiger partial charge is 0.462 e. The van der Waals surface area contributed by atoms with Crippen molar-refractivity contribution >= 4 is 5.97 Å². The summed E-state index contributed by atoms with van der Waals surface area (Å²) in [5.41, 5.74) is 2.44. The Bertz CT molecular complexity index is 778. The predicted molar refractivity (Wildman–Crippen MR) is 138 cm³/mol. The molecular weight excluding hydrogens is 404 g/mol. The van der Waals surface area contributed by atoms with E-state index in [1.165, 1.54) is 44.9 Å². The molecule has 4 rings (SSSR count). The molecule has 0 aromatic rings. The van der Waals surface area contributed by atoms with Gasteiger partial charge in [-0.05, 0) is 104 Å². The smallest absolute Gasteiger partial charge is 0.302 e. The summed E-state index contributed by atoms with van der Waals surface area (Å²) < 4.78 is 5.62. The van der Waals surface area contributed by atoms with Crippen molar-refractivity contribution in [3.63, 3.8) is 0 Å². The summed E-state index contributed by atoms with van der Waals surface area (Å²) in [6.45, 7) is 16.3. The van der Waals surface area contributed by atoms with Gasteiger partial charge in [0.1, 0.15) is 6.10 Å². The Hall–Kier alpha value is -1.05. The zero-order valence-electron chi connectivity index (χ0n) is 22.5. The molecule has 0 aromatic carbocycles. The molecule has 33 heavy (non-hydrogen) atoms. The molecule has 0 aromatic heterocycles. The van der Waals surface area contributed by atoms with Gasteiger partial charge in [-0.15, -0.1) is 0 Å². The third-order valence-electron chi connectivity index (χ3n) is 11.1. The third kappa shape index (κ3) is 4.50. The van der Waals surface area contributed by atoms with Gasteiger partial charge in [-0.25, -0.2) is 0 Å². The molecular formula is C31H50O2. The summed E-state index contributed by atoms with van der Waals surface area (Å²) in [6, 6.07) is 0. The number of rotatable bonds is 6. The second-order valence-electron chi connectivity index (χ2n) is 13.0. The second-order valence-corrected chi connectivity index (χ2v) is 13.0. The van der Waals surface area contributed by atoms with Crippen LogP contribution in [0.25, 0.3) is 0 Å². The molecule has 0 unspecified atom stereocenters. The monoisotopic (exact) mass is 454 g/mol. The zero-order valence-corrected chi connectivity index (χ0v) is 22.5. The highest BCUT2D eigenvalue weighted by Crippen LogP contribution is 2.67. The molecule has 2 nitrogen and oxygen atoms in total. The van der Waals surface area contributed by atoms with Crippen LogP contribution in [0.1, 0.15) is 106 Å². The third-order valence-corrected chi connectivity index (χ3v) is 11.1. The van der Waals surface area contributed by atoms with Crippen molar-refractivity contribution in [2.45, 2.75) is 112 Å². The Balaban J connectivity index is 1.49. The lowest BCUT2D eigenvalue weighted by Crippen LogP contribution is -2.51. The first-order valence-corrected chi connectivity index (χ1v) is 14.1. The summed E-state index contributed by atoms with van der Waals surface area (Å²) in [7, 11) is 0. The molecule has 2 heteroatoms. The first-order valence-electron chi connectivity index (χ1n) is 14.1. The van der Waals surface area contributed by atoms with Crippen LogP contribution in [-0.4, -0.2) is 12.1 Å². The average Bonchev–Trinajstić information content (AvgIpc) is 3.11. The summed E-state index contributed by atoms with van der Waals surface area (Å²) in [4.78, 5) is 11.5. The van der Waals surface area contributed by atoms with Crippen LogP contribution in [0, 0.1) is 52.3 Å².